The second kappa shape index (κ2) is 3.56. The minimum atomic E-state index is -0.312. The summed E-state index contributed by atoms with van der Waals surface area (Å²) in [5.74, 6) is 0. The molecule has 2 rings (SSSR count). The van der Waals surface area contributed by atoms with Gasteiger partial charge in [-0.2, -0.15) is 4.57 Å². The first kappa shape index (κ1) is 10.5. The second-order valence-electron chi connectivity index (χ2n) is 3.95. The van der Waals surface area contributed by atoms with E-state index in [0.717, 1.165) is 11.2 Å². The third-order valence-electron chi connectivity index (χ3n) is 2.96. The molecule has 4 nitrogen and oxygen atoms in total. The second-order valence-corrected chi connectivity index (χ2v) is 3.95. The number of hydrogen-bond acceptors (Lipinski definition) is 2. The van der Waals surface area contributed by atoms with Gasteiger partial charge in [-0.3, -0.25) is 10.1 Å². The molecule has 2 aromatic rings. The van der Waals surface area contributed by atoms with Crippen LogP contribution in [0.2, 0.25) is 0 Å². The number of hydrogen-bond donors (Lipinski definition) is 0. The molecule has 0 saturated carbocycles. The van der Waals surface area contributed by atoms with Crippen molar-refractivity contribution in [3.63, 3.8) is 0 Å². The first-order chi connectivity index (χ1) is 7.52. The van der Waals surface area contributed by atoms with Crippen LogP contribution >= 0.6 is 0 Å². The molecule has 0 aliphatic carbocycles. The predicted molar refractivity (Wildman–Crippen MR) is 61.3 cm³/mol. The highest BCUT2D eigenvalue weighted by molar-refractivity contribution is 5.87. The van der Waals surface area contributed by atoms with E-state index >= 15 is 0 Å². The first-order valence-electron chi connectivity index (χ1n) is 5.05. The molecule has 0 fully saturated rings. The summed E-state index contributed by atoms with van der Waals surface area (Å²) in [7, 11) is 1.91. The summed E-state index contributed by atoms with van der Waals surface area (Å²) < 4.78 is 1.96. The van der Waals surface area contributed by atoms with Gasteiger partial charge in [-0.05, 0) is 19.1 Å². The third-order valence-corrected chi connectivity index (χ3v) is 2.96. The smallest absolute Gasteiger partial charge is 0.258 e. The highest BCUT2D eigenvalue weighted by Crippen LogP contribution is 2.27. The lowest BCUT2D eigenvalue weighted by Crippen LogP contribution is -2.32. The largest absolute Gasteiger partial charge is 0.286 e. The quantitative estimate of drug-likeness (QED) is 0.417. The van der Waals surface area contributed by atoms with Gasteiger partial charge in [0.1, 0.15) is 12.4 Å². The Labute approximate surface area is 93.3 Å². The monoisotopic (exact) mass is 217 g/mol. The molecule has 4 heteroatoms. The van der Waals surface area contributed by atoms with Crippen molar-refractivity contribution in [2.45, 2.75) is 13.8 Å². The molecule has 0 amide bonds. The maximum atomic E-state index is 11.0. The Hall–Kier alpha value is -1.97. The molecule has 0 bridgehead atoms. The molecule has 0 radical (unpaired) electrons. The third kappa shape index (κ3) is 1.43. The molecule has 1 heterocycles. The van der Waals surface area contributed by atoms with E-state index < -0.39 is 0 Å². The number of pyridine rings is 1. The molecular weight excluding hydrogens is 204 g/mol. The van der Waals surface area contributed by atoms with Crippen molar-refractivity contribution in [3.8, 4) is 0 Å². The lowest BCUT2D eigenvalue weighted by molar-refractivity contribution is -0.651. The summed E-state index contributed by atoms with van der Waals surface area (Å²) in [4.78, 5) is 10.7. The van der Waals surface area contributed by atoms with Gasteiger partial charge in [-0.1, -0.05) is 0 Å². The molecule has 0 spiro atoms. The van der Waals surface area contributed by atoms with Gasteiger partial charge in [0, 0.05) is 24.6 Å². The molecule has 1 aromatic carbocycles. The highest BCUT2D eigenvalue weighted by Gasteiger charge is 2.20. The molecule has 0 aliphatic heterocycles. The number of nitro groups is 1. The van der Waals surface area contributed by atoms with Gasteiger partial charge in [0.15, 0.2) is 5.69 Å². The van der Waals surface area contributed by atoms with E-state index in [-0.39, 0.29) is 10.6 Å². The maximum absolute atomic E-state index is 11.0. The van der Waals surface area contributed by atoms with Crippen molar-refractivity contribution in [2.75, 3.05) is 0 Å². The van der Waals surface area contributed by atoms with Crippen molar-refractivity contribution in [1.29, 1.82) is 0 Å². The van der Waals surface area contributed by atoms with E-state index in [1.807, 2.05) is 36.7 Å². The fourth-order valence-electron chi connectivity index (χ4n) is 1.91. The van der Waals surface area contributed by atoms with Crippen molar-refractivity contribution in [3.05, 3.63) is 45.6 Å². The van der Waals surface area contributed by atoms with Gasteiger partial charge in [-0.25, -0.2) is 0 Å². The zero-order valence-electron chi connectivity index (χ0n) is 9.52. The first-order valence-corrected chi connectivity index (χ1v) is 5.05. The molecule has 0 unspecified atom stereocenters. The van der Waals surface area contributed by atoms with Crippen LogP contribution in [0.25, 0.3) is 10.9 Å². The Balaban J connectivity index is 2.95. The standard InChI is InChI=1S/C12H13N2O2/c1-8-4-7-11-10(12(8)14(15)16)6-5-9(2)13(11)3/h4-7H,1-3H3/q+1. The summed E-state index contributed by atoms with van der Waals surface area (Å²) in [5, 5.41) is 11.7. The van der Waals surface area contributed by atoms with E-state index in [0.29, 0.717) is 10.9 Å². The van der Waals surface area contributed by atoms with Crippen LogP contribution in [0.15, 0.2) is 24.3 Å². The fourth-order valence-corrected chi connectivity index (χ4v) is 1.91. The number of fused-ring (bicyclic) bond motifs is 1. The normalized spacial score (nSPS) is 10.7. The lowest BCUT2D eigenvalue weighted by atomic mass is 10.1. The summed E-state index contributed by atoms with van der Waals surface area (Å²) in [6.45, 7) is 3.74. The number of benzene rings is 1. The van der Waals surface area contributed by atoms with Gasteiger partial charge in [0.05, 0.1) is 4.92 Å². The van der Waals surface area contributed by atoms with Crippen LogP contribution in [0, 0.1) is 24.0 Å². The van der Waals surface area contributed by atoms with Crippen LogP contribution in [0.3, 0.4) is 0 Å². The van der Waals surface area contributed by atoms with Crippen molar-refractivity contribution >= 4 is 16.6 Å². The van der Waals surface area contributed by atoms with Crippen molar-refractivity contribution in [1.82, 2.24) is 0 Å². The van der Waals surface area contributed by atoms with E-state index in [1.54, 1.807) is 13.0 Å². The molecule has 16 heavy (non-hydrogen) atoms. The Morgan fingerprint density at radius 2 is 1.88 bits per heavy atom. The van der Waals surface area contributed by atoms with Gasteiger partial charge >= 0.3 is 0 Å². The van der Waals surface area contributed by atoms with Crippen LogP contribution in [0.5, 0.6) is 0 Å². The van der Waals surface area contributed by atoms with Crippen LogP contribution in [0.4, 0.5) is 5.69 Å². The predicted octanol–water partition coefficient (Wildman–Crippen LogP) is 2.19. The van der Waals surface area contributed by atoms with E-state index in [4.69, 9.17) is 0 Å². The number of aromatic nitrogens is 1. The summed E-state index contributed by atoms with van der Waals surface area (Å²) in [6, 6.07) is 7.43. The number of nitro benzene ring substituents is 1. The Morgan fingerprint density at radius 3 is 2.50 bits per heavy atom. The van der Waals surface area contributed by atoms with Gasteiger partial charge in [-0.15, -0.1) is 0 Å². The van der Waals surface area contributed by atoms with Crippen LogP contribution < -0.4 is 4.57 Å². The summed E-state index contributed by atoms with van der Waals surface area (Å²) in [5.41, 5.74) is 2.86. The van der Waals surface area contributed by atoms with Crippen LogP contribution in [0.1, 0.15) is 11.3 Å². The Kier molecular flexibility index (Phi) is 2.34. The molecule has 1 aromatic heterocycles. The van der Waals surface area contributed by atoms with Crippen LogP contribution in [-0.4, -0.2) is 4.92 Å². The molecule has 0 N–H and O–H groups in total. The lowest BCUT2D eigenvalue weighted by Gasteiger charge is -2.02. The Morgan fingerprint density at radius 1 is 1.19 bits per heavy atom. The van der Waals surface area contributed by atoms with E-state index in [1.165, 1.54) is 0 Å². The van der Waals surface area contributed by atoms with Crippen LogP contribution in [-0.2, 0) is 7.05 Å². The zero-order valence-corrected chi connectivity index (χ0v) is 9.52. The number of nitrogens with zero attached hydrogens (tertiary/aromatic N) is 2. The number of aryl methyl sites for hydroxylation is 3. The zero-order chi connectivity index (χ0) is 11.9. The minimum absolute atomic E-state index is 0.202. The van der Waals surface area contributed by atoms with Gasteiger partial charge in [0.2, 0.25) is 5.52 Å². The summed E-state index contributed by atoms with van der Waals surface area (Å²) >= 11 is 0. The maximum Gasteiger partial charge on any atom is 0.286 e. The Bertz CT molecular complexity index is 591. The molecule has 0 saturated heterocycles. The fraction of sp³-hybridized carbons (Fsp3) is 0.250. The minimum Gasteiger partial charge on any atom is -0.258 e. The molecule has 0 atom stereocenters. The molecule has 82 valence electrons. The van der Waals surface area contributed by atoms with Gasteiger partial charge < -0.3 is 0 Å². The molecular formula is C12H13N2O2+. The number of rotatable bonds is 1. The molecule has 0 aliphatic rings. The van der Waals surface area contributed by atoms with E-state index in [9.17, 15) is 10.1 Å². The average Bonchev–Trinajstić information content (AvgIpc) is 2.22. The van der Waals surface area contributed by atoms with Crippen molar-refractivity contribution in [2.24, 2.45) is 7.05 Å². The van der Waals surface area contributed by atoms with Crippen molar-refractivity contribution < 1.29 is 9.49 Å². The van der Waals surface area contributed by atoms with E-state index in [2.05, 4.69) is 0 Å². The topological polar surface area (TPSA) is 47.0 Å². The SMILES string of the molecule is Cc1ccc2c(ccc(C)[n+]2C)c1[N+](=O)[O-]. The average molecular weight is 217 g/mol. The summed E-state index contributed by atoms with van der Waals surface area (Å²) in [6.07, 6.45) is 0. The highest BCUT2D eigenvalue weighted by atomic mass is 16.6. The van der Waals surface area contributed by atoms with Gasteiger partial charge in [0.25, 0.3) is 5.69 Å².